The number of fused-ring (bicyclic) bond motifs is 1. The van der Waals surface area contributed by atoms with Gasteiger partial charge < -0.3 is 19.9 Å². The van der Waals surface area contributed by atoms with Crippen LogP contribution >= 0.6 is 0 Å². The zero-order chi connectivity index (χ0) is 26.0. The zero-order valence-corrected chi connectivity index (χ0v) is 20.7. The van der Waals surface area contributed by atoms with Gasteiger partial charge in [-0.2, -0.15) is 0 Å². The van der Waals surface area contributed by atoms with Gasteiger partial charge in [0.15, 0.2) is 5.78 Å². The summed E-state index contributed by atoms with van der Waals surface area (Å²) in [6.07, 6.45) is 0.397. The number of likely N-dealkylation sites (N-methyl/N-ethyl adjacent to an activating group) is 1. The number of urea groups is 1. The van der Waals surface area contributed by atoms with Crippen LogP contribution in [0.25, 0.3) is 0 Å². The third-order valence-electron chi connectivity index (χ3n) is 6.82. The lowest BCUT2D eigenvalue weighted by Gasteiger charge is -2.33. The van der Waals surface area contributed by atoms with Crippen LogP contribution in [0.3, 0.4) is 0 Å². The molecule has 36 heavy (non-hydrogen) atoms. The van der Waals surface area contributed by atoms with Crippen molar-refractivity contribution in [3.05, 3.63) is 64.7 Å². The van der Waals surface area contributed by atoms with Crippen LogP contribution in [0.5, 0.6) is 5.75 Å². The molecule has 0 aromatic heterocycles. The number of hydrogen-bond donors (Lipinski definition) is 2. The van der Waals surface area contributed by atoms with Gasteiger partial charge in [0.05, 0.1) is 0 Å². The lowest BCUT2D eigenvalue weighted by molar-refractivity contribution is -0.153. The lowest BCUT2D eigenvalue weighted by Crippen LogP contribution is -2.58. The van der Waals surface area contributed by atoms with E-state index in [2.05, 4.69) is 5.32 Å². The molecule has 4 amide bonds. The van der Waals surface area contributed by atoms with Crippen molar-refractivity contribution in [2.24, 2.45) is 0 Å². The van der Waals surface area contributed by atoms with Crippen molar-refractivity contribution in [2.75, 3.05) is 19.6 Å². The predicted molar refractivity (Wildman–Crippen MR) is 133 cm³/mol. The average Bonchev–Trinajstić information content (AvgIpc) is 2.85. The standard InChI is InChI=1S/C26H30BN3O6/c1-4-29-12-13-30(25(33)24(29)32)26(34)28-22(18-10-8-16(2)9-11-18)21(31)15-20-14-19-7-5-6-17(3)23(19)36-27(20)35/h5-11,20,22,35H,4,12-15H2,1-3H3,(H,28,34)/t20-,22?/m1/s1. The SMILES string of the molecule is CCN1CCN(C(=O)NC(C(=O)C[C@H]2Cc3cccc(C)c3OB2O)c2ccc(C)cc2)C(=O)C1=O. The molecule has 9 nitrogen and oxygen atoms in total. The Bertz CT molecular complexity index is 1180. The van der Waals surface area contributed by atoms with Crippen molar-refractivity contribution < 1.29 is 28.9 Å². The molecule has 2 aliphatic heterocycles. The van der Waals surface area contributed by atoms with E-state index in [1.54, 1.807) is 19.1 Å². The summed E-state index contributed by atoms with van der Waals surface area (Å²) in [6, 6.07) is 11.0. The van der Waals surface area contributed by atoms with Gasteiger partial charge in [-0.15, -0.1) is 0 Å². The van der Waals surface area contributed by atoms with E-state index in [1.165, 1.54) is 4.90 Å². The number of hydrogen-bond acceptors (Lipinski definition) is 6. The maximum absolute atomic E-state index is 13.5. The number of Topliss-reactive ketones (excluding diaryl/α,β-unsaturated/α-hetero) is 1. The van der Waals surface area contributed by atoms with Gasteiger partial charge in [0.2, 0.25) is 0 Å². The van der Waals surface area contributed by atoms with Crippen LogP contribution < -0.4 is 9.97 Å². The topological polar surface area (TPSA) is 116 Å². The van der Waals surface area contributed by atoms with Crippen LogP contribution in [-0.2, 0) is 20.8 Å². The number of ketones is 1. The molecule has 0 saturated carbocycles. The predicted octanol–water partition coefficient (Wildman–Crippen LogP) is 2.19. The molecule has 10 heteroatoms. The minimum absolute atomic E-state index is 0.0460. The first kappa shape index (κ1) is 25.4. The van der Waals surface area contributed by atoms with Gasteiger partial charge in [-0.1, -0.05) is 48.0 Å². The Labute approximate surface area is 210 Å². The fourth-order valence-corrected chi connectivity index (χ4v) is 4.67. The second-order valence-electron chi connectivity index (χ2n) is 9.34. The van der Waals surface area contributed by atoms with Gasteiger partial charge in [-0.05, 0) is 43.9 Å². The monoisotopic (exact) mass is 491 g/mol. The van der Waals surface area contributed by atoms with Crippen LogP contribution in [0.2, 0.25) is 5.82 Å². The molecule has 0 spiro atoms. The fourth-order valence-electron chi connectivity index (χ4n) is 4.67. The molecule has 2 heterocycles. The van der Waals surface area contributed by atoms with Crippen molar-refractivity contribution in [3.63, 3.8) is 0 Å². The Morgan fingerprint density at radius 3 is 2.53 bits per heavy atom. The van der Waals surface area contributed by atoms with E-state index in [0.717, 1.165) is 21.6 Å². The molecule has 0 radical (unpaired) electrons. The van der Waals surface area contributed by atoms with Crippen LogP contribution in [-0.4, -0.2) is 65.2 Å². The third kappa shape index (κ3) is 5.13. The number of carbonyl (C=O) groups is 4. The minimum atomic E-state index is -1.17. The maximum Gasteiger partial charge on any atom is 0.526 e. The molecule has 2 atom stereocenters. The van der Waals surface area contributed by atoms with Gasteiger partial charge >= 0.3 is 25.0 Å². The Kier molecular flexibility index (Phi) is 7.44. The van der Waals surface area contributed by atoms with E-state index in [0.29, 0.717) is 24.3 Å². The van der Waals surface area contributed by atoms with E-state index in [-0.39, 0.29) is 25.3 Å². The smallest absolute Gasteiger partial charge is 0.526 e. The molecule has 0 bridgehead atoms. The molecule has 1 saturated heterocycles. The summed E-state index contributed by atoms with van der Waals surface area (Å²) < 4.78 is 5.72. The molecule has 2 aliphatic rings. The molecule has 2 N–H and O–H groups in total. The first-order valence-corrected chi connectivity index (χ1v) is 12.1. The number of amides is 4. The van der Waals surface area contributed by atoms with E-state index < -0.39 is 36.8 Å². The first-order valence-electron chi connectivity index (χ1n) is 12.1. The summed E-state index contributed by atoms with van der Waals surface area (Å²) in [6.45, 7) is 6.22. The number of imide groups is 1. The summed E-state index contributed by atoms with van der Waals surface area (Å²) >= 11 is 0. The van der Waals surface area contributed by atoms with E-state index in [1.807, 2.05) is 44.2 Å². The first-order chi connectivity index (χ1) is 17.2. The number of rotatable bonds is 6. The molecule has 4 rings (SSSR count). The molecule has 188 valence electrons. The van der Waals surface area contributed by atoms with Crippen molar-refractivity contribution in [2.45, 2.75) is 45.5 Å². The molecule has 1 fully saturated rings. The van der Waals surface area contributed by atoms with Crippen molar-refractivity contribution in [1.82, 2.24) is 15.1 Å². The van der Waals surface area contributed by atoms with E-state index in [4.69, 9.17) is 4.65 Å². The Balaban J connectivity index is 1.53. The van der Waals surface area contributed by atoms with Gasteiger partial charge in [0.1, 0.15) is 11.8 Å². The molecule has 0 aliphatic carbocycles. The second-order valence-corrected chi connectivity index (χ2v) is 9.34. The number of aryl methyl sites for hydroxylation is 2. The summed E-state index contributed by atoms with van der Waals surface area (Å²) in [5, 5.41) is 13.3. The van der Waals surface area contributed by atoms with Crippen LogP contribution in [0.1, 0.15) is 41.6 Å². The minimum Gasteiger partial charge on any atom is -0.536 e. The Morgan fingerprint density at radius 1 is 1.11 bits per heavy atom. The van der Waals surface area contributed by atoms with Crippen LogP contribution in [0.4, 0.5) is 4.79 Å². The van der Waals surface area contributed by atoms with Crippen LogP contribution in [0, 0.1) is 13.8 Å². The number of nitrogens with one attached hydrogen (secondary N) is 1. The number of benzene rings is 2. The number of carbonyl (C=O) groups excluding carboxylic acids is 4. The molecular weight excluding hydrogens is 461 g/mol. The third-order valence-corrected chi connectivity index (χ3v) is 6.82. The van der Waals surface area contributed by atoms with Gasteiger partial charge in [0.25, 0.3) is 0 Å². The molecule has 2 aromatic carbocycles. The highest BCUT2D eigenvalue weighted by Crippen LogP contribution is 2.36. The maximum atomic E-state index is 13.5. The van der Waals surface area contributed by atoms with Gasteiger partial charge in [-0.3, -0.25) is 19.3 Å². The number of piperazine rings is 1. The Morgan fingerprint density at radius 2 is 1.83 bits per heavy atom. The summed E-state index contributed by atoms with van der Waals surface area (Å²) in [5.41, 5.74) is 3.35. The average molecular weight is 491 g/mol. The summed E-state index contributed by atoms with van der Waals surface area (Å²) in [7, 11) is -1.17. The zero-order valence-electron chi connectivity index (χ0n) is 20.7. The lowest BCUT2D eigenvalue weighted by atomic mass is 9.64. The molecule has 1 unspecified atom stereocenters. The highest BCUT2D eigenvalue weighted by molar-refractivity contribution is 6.46. The summed E-state index contributed by atoms with van der Waals surface area (Å²) in [5.74, 6) is -1.87. The highest BCUT2D eigenvalue weighted by Gasteiger charge is 2.40. The molecular formula is C26H30BN3O6. The molecule has 2 aromatic rings. The van der Waals surface area contributed by atoms with Crippen molar-refractivity contribution >= 4 is 30.7 Å². The summed E-state index contributed by atoms with van der Waals surface area (Å²) in [4.78, 5) is 53.6. The van der Waals surface area contributed by atoms with Crippen molar-refractivity contribution in [1.29, 1.82) is 0 Å². The number of nitrogens with zero attached hydrogens (tertiary/aromatic N) is 2. The fraction of sp³-hybridized carbons (Fsp3) is 0.385. The quantitative estimate of drug-likeness (QED) is 0.473. The van der Waals surface area contributed by atoms with Gasteiger partial charge in [-0.25, -0.2) is 4.79 Å². The largest absolute Gasteiger partial charge is 0.536 e. The Hall–Kier alpha value is -3.66. The normalized spacial score (nSPS) is 18.4. The van der Waals surface area contributed by atoms with E-state index >= 15 is 0 Å². The van der Waals surface area contributed by atoms with E-state index in [9.17, 15) is 24.2 Å². The second kappa shape index (κ2) is 10.5. The van der Waals surface area contributed by atoms with Crippen molar-refractivity contribution in [3.8, 4) is 5.75 Å². The number of para-hydroxylation sites is 1. The highest BCUT2D eigenvalue weighted by atomic mass is 16.5. The van der Waals surface area contributed by atoms with Gasteiger partial charge in [0, 0.05) is 31.9 Å². The van der Waals surface area contributed by atoms with Crippen LogP contribution in [0.15, 0.2) is 42.5 Å².